The summed E-state index contributed by atoms with van der Waals surface area (Å²) in [6.45, 7) is 0.749. The SMILES string of the molecule is CN(Cc1cccc(F)c1)C(=O)COC(=O)C1CCCN(C(=O)c2cccs2)C1. The Labute approximate surface area is 172 Å². The van der Waals surface area contributed by atoms with Crippen molar-refractivity contribution in [3.63, 3.8) is 0 Å². The van der Waals surface area contributed by atoms with Gasteiger partial charge in [0.15, 0.2) is 6.61 Å². The van der Waals surface area contributed by atoms with Crippen LogP contribution in [0, 0.1) is 11.7 Å². The molecule has 1 unspecified atom stereocenters. The molecule has 0 bridgehead atoms. The second-order valence-electron chi connectivity index (χ2n) is 7.06. The average Bonchev–Trinajstić information content (AvgIpc) is 3.26. The van der Waals surface area contributed by atoms with Gasteiger partial charge in [0.25, 0.3) is 11.8 Å². The van der Waals surface area contributed by atoms with E-state index < -0.39 is 11.9 Å². The Morgan fingerprint density at radius 3 is 2.83 bits per heavy atom. The first kappa shape index (κ1) is 21.0. The van der Waals surface area contributed by atoms with Crippen molar-refractivity contribution in [3.05, 3.63) is 58.0 Å². The normalized spacial score (nSPS) is 16.3. The number of rotatable bonds is 6. The minimum Gasteiger partial charge on any atom is -0.455 e. The Morgan fingerprint density at radius 2 is 2.10 bits per heavy atom. The fraction of sp³-hybridized carbons (Fsp3) is 0.381. The molecule has 0 spiro atoms. The molecule has 1 aromatic heterocycles. The number of esters is 1. The molecule has 29 heavy (non-hydrogen) atoms. The maximum Gasteiger partial charge on any atom is 0.311 e. The first-order valence-electron chi connectivity index (χ1n) is 9.42. The molecule has 154 valence electrons. The van der Waals surface area contributed by atoms with Gasteiger partial charge in [0.1, 0.15) is 5.82 Å². The lowest BCUT2D eigenvalue weighted by Crippen LogP contribution is -2.43. The molecular formula is C21H23FN2O4S. The van der Waals surface area contributed by atoms with Gasteiger partial charge in [-0.2, -0.15) is 0 Å². The van der Waals surface area contributed by atoms with E-state index in [-0.39, 0.29) is 30.8 Å². The van der Waals surface area contributed by atoms with Crippen LogP contribution < -0.4 is 0 Å². The lowest BCUT2D eigenvalue weighted by atomic mass is 9.98. The van der Waals surface area contributed by atoms with Gasteiger partial charge in [-0.1, -0.05) is 18.2 Å². The molecule has 8 heteroatoms. The van der Waals surface area contributed by atoms with Crippen LogP contribution in [0.25, 0.3) is 0 Å². The maximum absolute atomic E-state index is 13.3. The first-order chi connectivity index (χ1) is 13.9. The predicted octanol–water partition coefficient (Wildman–Crippen LogP) is 2.94. The standard InChI is InChI=1S/C21H23FN2O4S/c1-23(12-15-5-2-7-17(22)11-15)19(25)14-28-21(27)16-6-3-9-24(13-16)20(26)18-8-4-10-29-18/h2,4-5,7-8,10-11,16H,3,6,9,12-14H2,1H3. The van der Waals surface area contributed by atoms with E-state index in [1.54, 1.807) is 30.1 Å². The van der Waals surface area contributed by atoms with Crippen LogP contribution in [0.4, 0.5) is 4.39 Å². The molecule has 0 aliphatic carbocycles. The molecule has 1 saturated heterocycles. The quantitative estimate of drug-likeness (QED) is 0.677. The van der Waals surface area contributed by atoms with Gasteiger partial charge in [-0.05, 0) is 42.0 Å². The number of ether oxygens (including phenoxy) is 1. The van der Waals surface area contributed by atoms with Crippen LogP contribution >= 0.6 is 11.3 Å². The lowest BCUT2D eigenvalue weighted by Gasteiger charge is -2.31. The minimum absolute atomic E-state index is 0.0802. The van der Waals surface area contributed by atoms with Gasteiger partial charge in [0, 0.05) is 26.7 Å². The van der Waals surface area contributed by atoms with Crippen LogP contribution in [0.15, 0.2) is 41.8 Å². The van der Waals surface area contributed by atoms with Crippen molar-refractivity contribution in [2.24, 2.45) is 5.92 Å². The third-order valence-corrected chi connectivity index (χ3v) is 5.70. The largest absolute Gasteiger partial charge is 0.455 e. The number of amides is 2. The molecule has 0 radical (unpaired) electrons. The van der Waals surface area contributed by atoms with Crippen molar-refractivity contribution in [1.29, 1.82) is 0 Å². The smallest absolute Gasteiger partial charge is 0.311 e. The van der Waals surface area contributed by atoms with Gasteiger partial charge in [-0.25, -0.2) is 4.39 Å². The van der Waals surface area contributed by atoms with Gasteiger partial charge in [-0.3, -0.25) is 14.4 Å². The van der Waals surface area contributed by atoms with E-state index in [2.05, 4.69) is 0 Å². The van der Waals surface area contributed by atoms with Crippen LogP contribution in [-0.4, -0.2) is 54.3 Å². The van der Waals surface area contributed by atoms with E-state index in [1.807, 2.05) is 11.4 Å². The molecule has 6 nitrogen and oxygen atoms in total. The number of nitrogens with zero attached hydrogens (tertiary/aromatic N) is 2. The zero-order valence-corrected chi connectivity index (χ0v) is 17.0. The number of benzene rings is 1. The van der Waals surface area contributed by atoms with Gasteiger partial charge < -0.3 is 14.5 Å². The Balaban J connectivity index is 1.48. The Bertz CT molecular complexity index is 871. The molecule has 0 saturated carbocycles. The molecule has 1 fully saturated rings. The number of carbonyl (C=O) groups excluding carboxylic acids is 3. The molecule has 1 atom stereocenters. The van der Waals surface area contributed by atoms with Crippen molar-refractivity contribution < 1.29 is 23.5 Å². The summed E-state index contributed by atoms with van der Waals surface area (Å²) in [5, 5.41) is 1.84. The zero-order chi connectivity index (χ0) is 20.8. The number of likely N-dealkylation sites (N-methyl/N-ethyl adjacent to an activating group) is 1. The van der Waals surface area contributed by atoms with Gasteiger partial charge >= 0.3 is 5.97 Å². The fourth-order valence-electron chi connectivity index (χ4n) is 3.27. The summed E-state index contributed by atoms with van der Waals surface area (Å²) in [7, 11) is 1.57. The van der Waals surface area contributed by atoms with Crippen molar-refractivity contribution in [3.8, 4) is 0 Å². The Kier molecular flexibility index (Phi) is 6.98. The van der Waals surface area contributed by atoms with Gasteiger partial charge in [0.2, 0.25) is 0 Å². The molecular weight excluding hydrogens is 395 g/mol. The van der Waals surface area contributed by atoms with Crippen molar-refractivity contribution in [2.75, 3.05) is 26.7 Å². The highest BCUT2D eigenvalue weighted by Gasteiger charge is 2.30. The number of hydrogen-bond acceptors (Lipinski definition) is 5. The summed E-state index contributed by atoms with van der Waals surface area (Å²) in [5.74, 6) is -1.72. The summed E-state index contributed by atoms with van der Waals surface area (Å²) < 4.78 is 18.5. The highest BCUT2D eigenvalue weighted by Crippen LogP contribution is 2.21. The van der Waals surface area contributed by atoms with E-state index in [1.165, 1.54) is 28.4 Å². The van der Waals surface area contributed by atoms with E-state index in [0.717, 1.165) is 0 Å². The summed E-state index contributed by atoms with van der Waals surface area (Å²) in [4.78, 5) is 40.8. The third kappa shape index (κ3) is 5.63. The van der Waals surface area contributed by atoms with E-state index in [9.17, 15) is 18.8 Å². The topological polar surface area (TPSA) is 66.9 Å². The van der Waals surface area contributed by atoms with Crippen molar-refractivity contribution in [2.45, 2.75) is 19.4 Å². The number of hydrogen-bond donors (Lipinski definition) is 0. The highest BCUT2D eigenvalue weighted by molar-refractivity contribution is 7.12. The molecule has 2 heterocycles. The van der Waals surface area contributed by atoms with E-state index >= 15 is 0 Å². The maximum atomic E-state index is 13.3. The second-order valence-corrected chi connectivity index (χ2v) is 8.00. The molecule has 1 aliphatic heterocycles. The van der Waals surface area contributed by atoms with Crippen LogP contribution in [0.5, 0.6) is 0 Å². The van der Waals surface area contributed by atoms with Gasteiger partial charge in [0.05, 0.1) is 10.8 Å². The predicted molar refractivity (Wildman–Crippen MR) is 107 cm³/mol. The minimum atomic E-state index is -0.471. The summed E-state index contributed by atoms with van der Waals surface area (Å²) >= 11 is 1.37. The number of carbonyl (C=O) groups is 3. The Hall–Kier alpha value is -2.74. The van der Waals surface area contributed by atoms with Crippen LogP contribution in [0.2, 0.25) is 0 Å². The number of likely N-dealkylation sites (tertiary alicyclic amines) is 1. The average molecular weight is 418 g/mol. The third-order valence-electron chi connectivity index (χ3n) is 4.85. The molecule has 2 amide bonds. The molecule has 3 rings (SSSR count). The molecule has 1 aliphatic rings. The lowest BCUT2D eigenvalue weighted by molar-refractivity contribution is -0.156. The molecule has 2 aromatic rings. The van der Waals surface area contributed by atoms with Crippen molar-refractivity contribution >= 4 is 29.1 Å². The number of thiophene rings is 1. The molecule has 0 N–H and O–H groups in total. The van der Waals surface area contributed by atoms with Crippen LogP contribution in [-0.2, 0) is 20.9 Å². The number of halogens is 1. The van der Waals surface area contributed by atoms with E-state index in [0.29, 0.717) is 36.4 Å². The Morgan fingerprint density at radius 1 is 1.28 bits per heavy atom. The van der Waals surface area contributed by atoms with Crippen molar-refractivity contribution in [1.82, 2.24) is 9.80 Å². The monoisotopic (exact) mass is 418 g/mol. The fourth-order valence-corrected chi connectivity index (χ4v) is 3.96. The zero-order valence-electron chi connectivity index (χ0n) is 16.2. The van der Waals surface area contributed by atoms with Gasteiger partial charge in [-0.15, -0.1) is 11.3 Å². The second kappa shape index (κ2) is 9.65. The van der Waals surface area contributed by atoms with Crippen LogP contribution in [0.3, 0.4) is 0 Å². The first-order valence-corrected chi connectivity index (χ1v) is 10.3. The summed E-state index contributed by atoms with van der Waals surface area (Å²) in [6.07, 6.45) is 1.34. The van der Waals surface area contributed by atoms with Crippen LogP contribution in [0.1, 0.15) is 28.1 Å². The molecule has 1 aromatic carbocycles. The highest BCUT2D eigenvalue weighted by atomic mass is 32.1. The summed E-state index contributed by atoms with van der Waals surface area (Å²) in [6, 6.07) is 9.58. The number of piperidine rings is 1. The van der Waals surface area contributed by atoms with E-state index in [4.69, 9.17) is 4.74 Å². The summed E-state index contributed by atoms with van der Waals surface area (Å²) in [5.41, 5.74) is 0.655.